The van der Waals surface area contributed by atoms with Gasteiger partial charge in [-0.05, 0) is 48.4 Å². The van der Waals surface area contributed by atoms with Crippen LogP contribution in [0.15, 0.2) is 53.3 Å². The summed E-state index contributed by atoms with van der Waals surface area (Å²) in [6.07, 6.45) is 1.38. The van der Waals surface area contributed by atoms with Crippen LogP contribution in [0.1, 0.15) is 11.1 Å². The Balaban J connectivity index is 1.83. The predicted octanol–water partition coefficient (Wildman–Crippen LogP) is 3.97. The summed E-state index contributed by atoms with van der Waals surface area (Å²) < 4.78 is 18.5. The van der Waals surface area contributed by atoms with Crippen LogP contribution in [0, 0.1) is 12.7 Å². The van der Waals surface area contributed by atoms with Gasteiger partial charge in [0.2, 0.25) is 0 Å². The average Bonchev–Trinajstić information content (AvgIpc) is 3.09. The number of fused-ring (bicyclic) bond motifs is 1. The van der Waals surface area contributed by atoms with E-state index in [1.54, 1.807) is 12.1 Å². The molecule has 6 nitrogen and oxygen atoms in total. The van der Waals surface area contributed by atoms with Crippen LogP contribution < -0.4 is 5.32 Å². The van der Waals surface area contributed by atoms with Gasteiger partial charge >= 0.3 is 0 Å². The third-order valence-corrected chi connectivity index (χ3v) is 4.13. The molecule has 0 saturated heterocycles. The van der Waals surface area contributed by atoms with Crippen LogP contribution in [0.5, 0.6) is 0 Å². The Hall–Kier alpha value is -3.32. The number of hydrogen-bond donors (Lipinski definition) is 2. The summed E-state index contributed by atoms with van der Waals surface area (Å²) >= 11 is 0. The number of aliphatic hydroxyl groups excluding tert-OH is 1. The Labute approximate surface area is 148 Å². The first-order valence-electron chi connectivity index (χ1n) is 7.99. The largest absolute Gasteiger partial charge is 0.392 e. The summed E-state index contributed by atoms with van der Waals surface area (Å²) in [7, 11) is 0. The summed E-state index contributed by atoms with van der Waals surface area (Å²) in [6.45, 7) is 1.90. The number of anilines is 2. The van der Waals surface area contributed by atoms with E-state index in [-0.39, 0.29) is 12.4 Å². The molecule has 4 aromatic rings. The lowest BCUT2D eigenvalue weighted by atomic mass is 10.1. The van der Waals surface area contributed by atoms with Crippen molar-refractivity contribution in [1.29, 1.82) is 0 Å². The highest BCUT2D eigenvalue weighted by atomic mass is 19.1. The van der Waals surface area contributed by atoms with Gasteiger partial charge in [0, 0.05) is 11.3 Å². The fourth-order valence-corrected chi connectivity index (χ4v) is 2.72. The van der Waals surface area contributed by atoms with Crippen molar-refractivity contribution >= 4 is 22.6 Å². The number of halogens is 1. The van der Waals surface area contributed by atoms with Gasteiger partial charge in [0.15, 0.2) is 0 Å². The van der Waals surface area contributed by atoms with Gasteiger partial charge in [0.05, 0.1) is 6.61 Å². The molecule has 2 aromatic carbocycles. The van der Waals surface area contributed by atoms with E-state index in [2.05, 4.69) is 20.4 Å². The van der Waals surface area contributed by atoms with Crippen molar-refractivity contribution in [2.45, 2.75) is 13.5 Å². The highest BCUT2D eigenvalue weighted by Gasteiger charge is 2.17. The van der Waals surface area contributed by atoms with Crippen LogP contribution in [-0.4, -0.2) is 20.2 Å². The molecule has 4 rings (SSSR count). The van der Waals surface area contributed by atoms with Crippen LogP contribution in [0.2, 0.25) is 0 Å². The topological polar surface area (TPSA) is 84.1 Å². The number of hydrogen-bond acceptors (Lipinski definition) is 6. The maximum atomic E-state index is 13.2. The van der Waals surface area contributed by atoms with Crippen molar-refractivity contribution in [2.24, 2.45) is 0 Å². The van der Waals surface area contributed by atoms with Crippen molar-refractivity contribution in [2.75, 3.05) is 5.32 Å². The van der Waals surface area contributed by atoms with Gasteiger partial charge in [-0.2, -0.15) is 4.98 Å². The van der Waals surface area contributed by atoms with E-state index in [9.17, 15) is 9.50 Å². The molecule has 26 heavy (non-hydrogen) atoms. The zero-order chi connectivity index (χ0) is 18.1. The molecule has 130 valence electrons. The molecule has 0 amide bonds. The summed E-state index contributed by atoms with van der Waals surface area (Å²) in [5.41, 5.74) is 4.14. The molecule has 0 saturated carbocycles. The highest BCUT2D eigenvalue weighted by molar-refractivity contribution is 5.98. The van der Waals surface area contributed by atoms with Crippen molar-refractivity contribution in [1.82, 2.24) is 15.1 Å². The van der Waals surface area contributed by atoms with E-state index >= 15 is 0 Å². The van der Waals surface area contributed by atoms with Crippen LogP contribution in [0.25, 0.3) is 22.4 Å². The molecule has 0 unspecified atom stereocenters. The number of rotatable bonds is 4. The van der Waals surface area contributed by atoms with Gasteiger partial charge in [-0.3, -0.25) is 0 Å². The minimum absolute atomic E-state index is 0.0533. The molecule has 0 bridgehead atoms. The Morgan fingerprint density at radius 2 is 1.92 bits per heavy atom. The van der Waals surface area contributed by atoms with E-state index in [0.29, 0.717) is 28.2 Å². The number of aliphatic hydroxyl groups is 1. The Bertz CT molecular complexity index is 1080. The molecule has 0 radical (unpaired) electrons. The van der Waals surface area contributed by atoms with Gasteiger partial charge < -0.3 is 14.9 Å². The van der Waals surface area contributed by atoms with E-state index < -0.39 is 0 Å². The minimum Gasteiger partial charge on any atom is -0.392 e. The number of aryl methyl sites for hydroxylation is 1. The second kappa shape index (κ2) is 6.53. The zero-order valence-electron chi connectivity index (χ0n) is 13.9. The molecule has 7 heteroatoms. The maximum absolute atomic E-state index is 13.2. The maximum Gasteiger partial charge on any atom is 0.263 e. The summed E-state index contributed by atoms with van der Waals surface area (Å²) in [5, 5.41) is 17.3. The first-order chi connectivity index (χ1) is 12.7. The molecule has 0 aliphatic carbocycles. The van der Waals surface area contributed by atoms with Gasteiger partial charge in [-0.25, -0.2) is 9.37 Å². The summed E-state index contributed by atoms with van der Waals surface area (Å²) in [6, 6.07) is 11.6. The summed E-state index contributed by atoms with van der Waals surface area (Å²) in [4.78, 5) is 8.42. The van der Waals surface area contributed by atoms with E-state index in [4.69, 9.17) is 4.52 Å². The first kappa shape index (κ1) is 16.2. The van der Waals surface area contributed by atoms with E-state index in [1.165, 1.54) is 18.5 Å². The second-order valence-corrected chi connectivity index (χ2v) is 5.87. The summed E-state index contributed by atoms with van der Waals surface area (Å²) in [5.74, 6) is 0.196. The van der Waals surface area contributed by atoms with Crippen molar-refractivity contribution in [3.05, 3.63) is 65.7 Å². The lowest BCUT2D eigenvalue weighted by Crippen LogP contribution is -1.99. The molecule has 2 heterocycles. The van der Waals surface area contributed by atoms with Crippen molar-refractivity contribution in [3.63, 3.8) is 0 Å². The van der Waals surface area contributed by atoms with Crippen LogP contribution in [0.3, 0.4) is 0 Å². The minimum atomic E-state index is -0.326. The third kappa shape index (κ3) is 2.89. The smallest absolute Gasteiger partial charge is 0.263 e. The van der Waals surface area contributed by atoms with Crippen LogP contribution >= 0.6 is 0 Å². The van der Waals surface area contributed by atoms with Gasteiger partial charge in [0.1, 0.15) is 29.0 Å². The number of benzene rings is 2. The normalized spacial score (nSPS) is 11.0. The second-order valence-electron chi connectivity index (χ2n) is 5.87. The van der Waals surface area contributed by atoms with E-state index in [1.807, 2.05) is 25.1 Å². The quantitative estimate of drug-likeness (QED) is 0.579. The lowest BCUT2D eigenvalue weighted by Gasteiger charge is -2.11. The Kier molecular flexibility index (Phi) is 4.06. The molecule has 0 fully saturated rings. The molecule has 0 spiro atoms. The molecule has 0 aliphatic rings. The molecule has 2 aromatic heterocycles. The monoisotopic (exact) mass is 350 g/mol. The van der Waals surface area contributed by atoms with Crippen LogP contribution in [0.4, 0.5) is 15.9 Å². The SMILES string of the molecule is Cc1ccc(CO)cc1Nc1ncnc2onc(-c3ccc(F)cc3)c12. The number of aromatic nitrogens is 3. The van der Waals surface area contributed by atoms with Crippen LogP contribution in [-0.2, 0) is 6.61 Å². The van der Waals surface area contributed by atoms with Gasteiger partial charge in [-0.15, -0.1) is 0 Å². The fraction of sp³-hybridized carbons (Fsp3) is 0.105. The predicted molar refractivity (Wildman–Crippen MR) is 95.4 cm³/mol. The average molecular weight is 350 g/mol. The lowest BCUT2D eigenvalue weighted by molar-refractivity contribution is 0.282. The number of nitrogens with one attached hydrogen (secondary N) is 1. The number of nitrogens with zero attached hydrogens (tertiary/aromatic N) is 3. The van der Waals surface area contributed by atoms with E-state index in [0.717, 1.165) is 16.8 Å². The molecular weight excluding hydrogens is 335 g/mol. The molecule has 0 atom stereocenters. The van der Waals surface area contributed by atoms with Crippen molar-refractivity contribution in [3.8, 4) is 11.3 Å². The Morgan fingerprint density at radius 1 is 1.12 bits per heavy atom. The third-order valence-electron chi connectivity index (χ3n) is 4.13. The van der Waals surface area contributed by atoms with Gasteiger partial charge in [-0.1, -0.05) is 17.3 Å². The molecular formula is C19H15FN4O2. The Morgan fingerprint density at radius 3 is 2.69 bits per heavy atom. The molecule has 0 aliphatic heterocycles. The van der Waals surface area contributed by atoms with Crippen molar-refractivity contribution < 1.29 is 14.0 Å². The van der Waals surface area contributed by atoms with Gasteiger partial charge in [0.25, 0.3) is 5.71 Å². The zero-order valence-corrected chi connectivity index (χ0v) is 13.9. The fourth-order valence-electron chi connectivity index (χ4n) is 2.72. The molecule has 2 N–H and O–H groups in total. The first-order valence-corrected chi connectivity index (χ1v) is 7.99. The standard InChI is InChI=1S/C19H15FN4O2/c1-11-2-3-12(9-25)8-15(11)23-18-16-17(13-4-6-14(20)7-5-13)24-26-19(16)22-10-21-18/h2-8,10,25H,9H2,1H3,(H,21,22,23). The highest BCUT2D eigenvalue weighted by Crippen LogP contribution is 2.33.